The standard InChI is InChI=1S/C9H13FO4/c10-4-1-3-9(8(12)13)6-14-5-2-7(9)11/h1-6H2,(H,12,13). The first-order valence-electron chi connectivity index (χ1n) is 4.54. The molecule has 80 valence electrons. The summed E-state index contributed by atoms with van der Waals surface area (Å²) < 4.78 is 17.0. The molecular weight excluding hydrogens is 191 g/mol. The predicted molar refractivity (Wildman–Crippen MR) is 45.7 cm³/mol. The smallest absolute Gasteiger partial charge is 0.319 e. The molecule has 1 saturated heterocycles. The van der Waals surface area contributed by atoms with Crippen molar-refractivity contribution in [2.75, 3.05) is 19.9 Å². The highest BCUT2D eigenvalue weighted by Crippen LogP contribution is 2.30. The monoisotopic (exact) mass is 204 g/mol. The summed E-state index contributed by atoms with van der Waals surface area (Å²) in [6.07, 6.45) is 0.220. The summed E-state index contributed by atoms with van der Waals surface area (Å²) in [5, 5.41) is 8.96. The van der Waals surface area contributed by atoms with Crippen molar-refractivity contribution in [1.29, 1.82) is 0 Å². The predicted octanol–water partition coefficient (Wildman–Crippen LogP) is 0.796. The summed E-state index contributed by atoms with van der Waals surface area (Å²) in [4.78, 5) is 22.4. The number of ether oxygens (including phenoxy) is 1. The first-order chi connectivity index (χ1) is 6.63. The normalized spacial score (nSPS) is 27.6. The molecule has 0 aliphatic carbocycles. The van der Waals surface area contributed by atoms with Gasteiger partial charge < -0.3 is 9.84 Å². The highest BCUT2D eigenvalue weighted by molar-refractivity contribution is 6.03. The number of carboxylic acid groups (broad SMARTS) is 1. The number of rotatable bonds is 4. The van der Waals surface area contributed by atoms with Gasteiger partial charge in [-0.25, -0.2) is 0 Å². The molecule has 5 heteroatoms. The quantitative estimate of drug-likeness (QED) is 0.688. The lowest BCUT2D eigenvalue weighted by Gasteiger charge is -2.31. The zero-order valence-electron chi connectivity index (χ0n) is 7.79. The van der Waals surface area contributed by atoms with E-state index in [2.05, 4.69) is 0 Å². The van der Waals surface area contributed by atoms with E-state index in [0.29, 0.717) is 0 Å². The van der Waals surface area contributed by atoms with Crippen LogP contribution in [0.2, 0.25) is 0 Å². The van der Waals surface area contributed by atoms with Crippen molar-refractivity contribution in [3.8, 4) is 0 Å². The molecular formula is C9H13FO4. The van der Waals surface area contributed by atoms with E-state index in [1.807, 2.05) is 0 Å². The number of carbonyl (C=O) groups is 2. The Labute approximate surface area is 81.0 Å². The summed E-state index contributed by atoms with van der Waals surface area (Å²) in [5.74, 6) is -1.54. The molecule has 0 spiro atoms. The van der Waals surface area contributed by atoms with E-state index in [1.54, 1.807) is 0 Å². The van der Waals surface area contributed by atoms with Gasteiger partial charge in [0, 0.05) is 6.42 Å². The highest BCUT2D eigenvalue weighted by Gasteiger charge is 2.47. The van der Waals surface area contributed by atoms with Gasteiger partial charge in [0.05, 0.1) is 19.9 Å². The summed E-state index contributed by atoms with van der Waals surface area (Å²) in [7, 11) is 0. The molecule has 0 aromatic heterocycles. The molecule has 1 heterocycles. The molecule has 1 aliphatic heterocycles. The Bertz CT molecular complexity index is 241. The van der Waals surface area contributed by atoms with E-state index in [-0.39, 0.29) is 38.3 Å². The first kappa shape index (κ1) is 11.1. The molecule has 0 bridgehead atoms. The largest absolute Gasteiger partial charge is 0.480 e. The van der Waals surface area contributed by atoms with Gasteiger partial charge >= 0.3 is 5.97 Å². The van der Waals surface area contributed by atoms with Gasteiger partial charge in [-0.05, 0) is 12.8 Å². The van der Waals surface area contributed by atoms with Gasteiger partial charge in [0.1, 0.15) is 5.41 Å². The number of hydrogen-bond acceptors (Lipinski definition) is 3. The van der Waals surface area contributed by atoms with E-state index in [1.165, 1.54) is 0 Å². The molecule has 0 saturated carbocycles. The third kappa shape index (κ3) is 1.92. The molecule has 1 unspecified atom stereocenters. The van der Waals surface area contributed by atoms with Gasteiger partial charge in [-0.3, -0.25) is 14.0 Å². The molecule has 0 aromatic rings. The lowest BCUT2D eigenvalue weighted by atomic mass is 9.77. The van der Waals surface area contributed by atoms with Gasteiger partial charge in [-0.1, -0.05) is 0 Å². The van der Waals surface area contributed by atoms with Crippen molar-refractivity contribution >= 4 is 11.8 Å². The van der Waals surface area contributed by atoms with Crippen LogP contribution in [-0.2, 0) is 14.3 Å². The Balaban J connectivity index is 2.78. The van der Waals surface area contributed by atoms with Crippen molar-refractivity contribution in [3.63, 3.8) is 0 Å². The molecule has 0 amide bonds. The zero-order chi connectivity index (χ0) is 10.6. The number of alkyl halides is 1. The molecule has 0 aromatic carbocycles. The minimum atomic E-state index is -1.50. The zero-order valence-corrected chi connectivity index (χ0v) is 7.79. The van der Waals surface area contributed by atoms with Crippen LogP contribution in [0.4, 0.5) is 4.39 Å². The van der Waals surface area contributed by atoms with E-state index in [4.69, 9.17) is 9.84 Å². The van der Waals surface area contributed by atoms with E-state index >= 15 is 0 Å². The van der Waals surface area contributed by atoms with Crippen LogP contribution in [0.15, 0.2) is 0 Å². The van der Waals surface area contributed by atoms with Crippen molar-refractivity contribution in [2.45, 2.75) is 19.3 Å². The van der Waals surface area contributed by atoms with Crippen LogP contribution in [-0.4, -0.2) is 36.7 Å². The molecule has 1 N–H and O–H groups in total. The minimum Gasteiger partial charge on any atom is -0.480 e. The van der Waals surface area contributed by atoms with Crippen LogP contribution in [0.5, 0.6) is 0 Å². The highest BCUT2D eigenvalue weighted by atomic mass is 19.1. The van der Waals surface area contributed by atoms with Gasteiger partial charge in [-0.15, -0.1) is 0 Å². The van der Waals surface area contributed by atoms with E-state index < -0.39 is 18.1 Å². The average Bonchev–Trinajstić information content (AvgIpc) is 2.16. The Kier molecular flexibility index (Phi) is 3.57. The fourth-order valence-corrected chi connectivity index (χ4v) is 1.60. The van der Waals surface area contributed by atoms with E-state index in [0.717, 1.165) is 0 Å². The van der Waals surface area contributed by atoms with Crippen LogP contribution >= 0.6 is 0 Å². The number of halogens is 1. The summed E-state index contributed by atoms with van der Waals surface area (Å²) in [5.41, 5.74) is -1.50. The maximum absolute atomic E-state index is 12.0. The van der Waals surface area contributed by atoms with Crippen molar-refractivity contribution in [2.24, 2.45) is 5.41 Å². The van der Waals surface area contributed by atoms with Gasteiger partial charge in [0.15, 0.2) is 5.78 Å². The average molecular weight is 204 g/mol. The number of carbonyl (C=O) groups excluding carboxylic acids is 1. The Morgan fingerprint density at radius 2 is 2.36 bits per heavy atom. The van der Waals surface area contributed by atoms with Crippen LogP contribution < -0.4 is 0 Å². The lowest BCUT2D eigenvalue weighted by Crippen LogP contribution is -2.47. The second-order valence-corrected chi connectivity index (χ2v) is 3.41. The Morgan fingerprint density at radius 3 is 2.86 bits per heavy atom. The number of hydrogen-bond donors (Lipinski definition) is 1. The molecule has 1 atom stereocenters. The molecule has 1 aliphatic rings. The lowest BCUT2D eigenvalue weighted by molar-refractivity contribution is -0.165. The molecule has 1 rings (SSSR count). The summed E-state index contributed by atoms with van der Waals surface area (Å²) >= 11 is 0. The van der Waals surface area contributed by atoms with Crippen molar-refractivity contribution in [1.82, 2.24) is 0 Å². The molecule has 14 heavy (non-hydrogen) atoms. The van der Waals surface area contributed by atoms with Gasteiger partial charge in [-0.2, -0.15) is 0 Å². The van der Waals surface area contributed by atoms with Gasteiger partial charge in [0.25, 0.3) is 0 Å². The number of carboxylic acids is 1. The third-order valence-electron chi connectivity index (χ3n) is 2.50. The second kappa shape index (κ2) is 4.50. The van der Waals surface area contributed by atoms with Crippen LogP contribution in [0.1, 0.15) is 19.3 Å². The second-order valence-electron chi connectivity index (χ2n) is 3.41. The van der Waals surface area contributed by atoms with E-state index in [9.17, 15) is 14.0 Å². The first-order valence-corrected chi connectivity index (χ1v) is 4.54. The third-order valence-corrected chi connectivity index (χ3v) is 2.50. The topological polar surface area (TPSA) is 63.6 Å². The number of ketones is 1. The SMILES string of the molecule is O=C(O)C1(CCCF)COCCC1=O. The van der Waals surface area contributed by atoms with Crippen molar-refractivity contribution in [3.05, 3.63) is 0 Å². The van der Waals surface area contributed by atoms with Crippen LogP contribution in [0, 0.1) is 5.41 Å². The number of Topliss-reactive ketones (excluding diaryl/α,β-unsaturated/α-hetero) is 1. The summed E-state index contributed by atoms with van der Waals surface area (Å²) in [6.45, 7) is -0.465. The fourth-order valence-electron chi connectivity index (χ4n) is 1.60. The molecule has 1 fully saturated rings. The van der Waals surface area contributed by atoms with Crippen LogP contribution in [0.3, 0.4) is 0 Å². The van der Waals surface area contributed by atoms with Crippen molar-refractivity contribution < 1.29 is 23.8 Å². The Morgan fingerprint density at radius 1 is 1.64 bits per heavy atom. The van der Waals surface area contributed by atoms with Crippen LogP contribution in [0.25, 0.3) is 0 Å². The number of aliphatic carboxylic acids is 1. The summed E-state index contributed by atoms with van der Waals surface area (Å²) in [6, 6.07) is 0. The Hall–Kier alpha value is -0.970. The minimum absolute atomic E-state index is 0.0255. The van der Waals surface area contributed by atoms with Gasteiger partial charge in [0.2, 0.25) is 0 Å². The molecule has 0 radical (unpaired) electrons. The fraction of sp³-hybridized carbons (Fsp3) is 0.778. The maximum Gasteiger partial charge on any atom is 0.319 e. The molecule has 4 nitrogen and oxygen atoms in total. The maximum atomic E-state index is 12.0.